The number of nitrogens with two attached hydrogens (primary N) is 1. The number of ether oxygens (including phenoxy) is 1. The van der Waals surface area contributed by atoms with Crippen LogP contribution in [0.3, 0.4) is 0 Å². The van der Waals surface area contributed by atoms with Crippen LogP contribution in [0.1, 0.15) is 21.5 Å². The summed E-state index contributed by atoms with van der Waals surface area (Å²) in [5.41, 5.74) is 8.91. The monoisotopic (exact) mass is 354 g/mol. The van der Waals surface area contributed by atoms with Crippen molar-refractivity contribution in [1.82, 2.24) is 4.98 Å². The first kappa shape index (κ1) is 17.5. The van der Waals surface area contributed by atoms with Crippen LogP contribution in [-0.4, -0.2) is 10.9 Å². The van der Waals surface area contributed by atoms with Crippen LogP contribution in [0, 0.1) is 18.6 Å². The zero-order chi connectivity index (χ0) is 18.7. The SMILES string of the molecule is Cc1cc(-c2cc(COc3ccc(F)c(F)c3)ccn2)ccc1C(N)=O. The van der Waals surface area contributed by atoms with Crippen LogP contribution in [0.5, 0.6) is 5.75 Å². The molecule has 0 bridgehead atoms. The van der Waals surface area contributed by atoms with Crippen LogP contribution < -0.4 is 10.5 Å². The molecule has 1 aromatic heterocycles. The molecule has 2 N–H and O–H groups in total. The highest BCUT2D eigenvalue weighted by molar-refractivity contribution is 5.94. The number of aryl methyl sites for hydroxylation is 1. The molecule has 0 spiro atoms. The number of nitrogens with zero attached hydrogens (tertiary/aromatic N) is 1. The predicted octanol–water partition coefficient (Wildman–Crippen LogP) is 4.01. The highest BCUT2D eigenvalue weighted by Crippen LogP contribution is 2.22. The number of carbonyl (C=O) groups is 1. The van der Waals surface area contributed by atoms with Crippen LogP contribution in [0.15, 0.2) is 54.7 Å². The number of aromatic nitrogens is 1. The molecule has 0 saturated heterocycles. The fraction of sp³-hybridized carbons (Fsp3) is 0.100. The molecule has 0 radical (unpaired) electrons. The van der Waals surface area contributed by atoms with Gasteiger partial charge in [0.15, 0.2) is 11.6 Å². The largest absolute Gasteiger partial charge is 0.489 e. The van der Waals surface area contributed by atoms with E-state index >= 15 is 0 Å². The highest BCUT2D eigenvalue weighted by Gasteiger charge is 2.08. The molecule has 0 atom stereocenters. The Morgan fingerprint density at radius 3 is 2.58 bits per heavy atom. The minimum atomic E-state index is -0.956. The van der Waals surface area contributed by atoms with Crippen molar-refractivity contribution >= 4 is 5.91 Å². The van der Waals surface area contributed by atoms with E-state index in [1.54, 1.807) is 31.3 Å². The van der Waals surface area contributed by atoms with Gasteiger partial charge < -0.3 is 10.5 Å². The Kier molecular flexibility index (Phi) is 4.93. The maximum Gasteiger partial charge on any atom is 0.248 e. The number of benzene rings is 2. The summed E-state index contributed by atoms with van der Waals surface area (Å²) in [6, 6.07) is 12.3. The number of hydrogen-bond acceptors (Lipinski definition) is 3. The molecule has 26 heavy (non-hydrogen) atoms. The molecule has 0 unspecified atom stereocenters. The van der Waals surface area contributed by atoms with Gasteiger partial charge in [0, 0.05) is 23.4 Å². The summed E-state index contributed by atoms with van der Waals surface area (Å²) >= 11 is 0. The molecule has 0 fully saturated rings. The van der Waals surface area contributed by atoms with Crippen LogP contribution in [0.4, 0.5) is 8.78 Å². The average Bonchev–Trinajstić information content (AvgIpc) is 2.62. The van der Waals surface area contributed by atoms with Crippen molar-refractivity contribution in [2.45, 2.75) is 13.5 Å². The second kappa shape index (κ2) is 7.31. The van der Waals surface area contributed by atoms with E-state index in [9.17, 15) is 13.6 Å². The maximum absolute atomic E-state index is 13.2. The third-order valence-corrected chi connectivity index (χ3v) is 3.91. The van der Waals surface area contributed by atoms with Gasteiger partial charge in [0.1, 0.15) is 12.4 Å². The van der Waals surface area contributed by atoms with E-state index in [-0.39, 0.29) is 12.4 Å². The van der Waals surface area contributed by atoms with Gasteiger partial charge in [-0.15, -0.1) is 0 Å². The number of pyridine rings is 1. The topological polar surface area (TPSA) is 65.2 Å². The van der Waals surface area contributed by atoms with Gasteiger partial charge in [-0.1, -0.05) is 6.07 Å². The van der Waals surface area contributed by atoms with Gasteiger partial charge in [0.25, 0.3) is 0 Å². The number of hydrogen-bond donors (Lipinski definition) is 1. The number of amides is 1. The fourth-order valence-electron chi connectivity index (χ4n) is 2.55. The van der Waals surface area contributed by atoms with Gasteiger partial charge in [0.2, 0.25) is 5.91 Å². The molecular weight excluding hydrogens is 338 g/mol. The van der Waals surface area contributed by atoms with Crippen molar-refractivity contribution in [3.05, 3.63) is 83.1 Å². The summed E-state index contributed by atoms with van der Waals surface area (Å²) in [6.07, 6.45) is 1.64. The van der Waals surface area contributed by atoms with Crippen molar-refractivity contribution in [2.75, 3.05) is 0 Å². The van der Waals surface area contributed by atoms with E-state index in [1.807, 2.05) is 12.1 Å². The molecule has 0 aliphatic heterocycles. The lowest BCUT2D eigenvalue weighted by Gasteiger charge is -2.09. The minimum absolute atomic E-state index is 0.180. The van der Waals surface area contributed by atoms with Gasteiger partial charge >= 0.3 is 0 Å². The molecule has 0 aliphatic rings. The smallest absolute Gasteiger partial charge is 0.248 e. The lowest BCUT2D eigenvalue weighted by atomic mass is 10.0. The van der Waals surface area contributed by atoms with E-state index in [0.717, 1.165) is 28.8 Å². The van der Waals surface area contributed by atoms with Gasteiger partial charge in [-0.2, -0.15) is 0 Å². The Morgan fingerprint density at radius 2 is 1.88 bits per heavy atom. The number of primary amides is 1. The minimum Gasteiger partial charge on any atom is -0.489 e. The van der Waals surface area contributed by atoms with Gasteiger partial charge in [0.05, 0.1) is 5.69 Å². The van der Waals surface area contributed by atoms with Crippen LogP contribution in [-0.2, 0) is 6.61 Å². The van der Waals surface area contributed by atoms with E-state index < -0.39 is 17.5 Å². The Balaban J connectivity index is 1.78. The van der Waals surface area contributed by atoms with Crippen LogP contribution in [0.2, 0.25) is 0 Å². The van der Waals surface area contributed by atoms with Gasteiger partial charge in [-0.25, -0.2) is 8.78 Å². The number of carbonyl (C=O) groups excluding carboxylic acids is 1. The number of halogens is 2. The molecule has 6 heteroatoms. The van der Waals surface area contributed by atoms with Gasteiger partial charge in [-0.05, 0) is 54.4 Å². The Bertz CT molecular complexity index is 974. The third kappa shape index (κ3) is 3.85. The standard InChI is InChI=1S/C20H16F2N2O2/c1-12-8-14(2-4-16(12)20(23)25)19-9-13(6-7-24-19)11-26-15-3-5-17(21)18(22)10-15/h2-10H,11H2,1H3,(H2,23,25). The Hall–Kier alpha value is -3.28. The predicted molar refractivity (Wildman–Crippen MR) is 93.6 cm³/mol. The quantitative estimate of drug-likeness (QED) is 0.753. The summed E-state index contributed by atoms with van der Waals surface area (Å²) in [5, 5.41) is 0. The molecule has 132 valence electrons. The van der Waals surface area contributed by atoms with E-state index in [1.165, 1.54) is 6.07 Å². The Labute approximate surface area is 149 Å². The zero-order valence-electron chi connectivity index (χ0n) is 14.0. The van der Waals surface area contributed by atoms with Crippen molar-refractivity contribution in [1.29, 1.82) is 0 Å². The lowest BCUT2D eigenvalue weighted by Crippen LogP contribution is -2.12. The molecule has 0 aliphatic carbocycles. The highest BCUT2D eigenvalue weighted by atomic mass is 19.2. The van der Waals surface area contributed by atoms with Crippen molar-refractivity contribution in [3.63, 3.8) is 0 Å². The summed E-state index contributed by atoms with van der Waals surface area (Å²) in [5.74, 6) is -2.11. The molecule has 1 amide bonds. The van der Waals surface area contributed by atoms with E-state index in [0.29, 0.717) is 11.3 Å². The summed E-state index contributed by atoms with van der Waals surface area (Å²) in [4.78, 5) is 15.7. The molecule has 3 rings (SSSR count). The number of rotatable bonds is 5. The summed E-state index contributed by atoms with van der Waals surface area (Å²) < 4.78 is 31.7. The first-order chi connectivity index (χ1) is 12.4. The second-order valence-corrected chi connectivity index (χ2v) is 5.81. The maximum atomic E-state index is 13.2. The molecule has 2 aromatic carbocycles. The van der Waals surface area contributed by atoms with Gasteiger partial charge in [-0.3, -0.25) is 9.78 Å². The lowest BCUT2D eigenvalue weighted by molar-refractivity contribution is 0.0999. The molecule has 3 aromatic rings. The van der Waals surface area contributed by atoms with Crippen LogP contribution in [0.25, 0.3) is 11.3 Å². The molecule has 0 saturated carbocycles. The van der Waals surface area contributed by atoms with E-state index in [4.69, 9.17) is 10.5 Å². The normalized spacial score (nSPS) is 10.6. The fourth-order valence-corrected chi connectivity index (χ4v) is 2.55. The summed E-state index contributed by atoms with van der Waals surface area (Å²) in [6.45, 7) is 1.98. The molecule has 4 nitrogen and oxygen atoms in total. The molecular formula is C20H16F2N2O2. The third-order valence-electron chi connectivity index (χ3n) is 3.91. The zero-order valence-corrected chi connectivity index (χ0v) is 14.0. The summed E-state index contributed by atoms with van der Waals surface area (Å²) in [7, 11) is 0. The Morgan fingerprint density at radius 1 is 1.08 bits per heavy atom. The molecule has 1 heterocycles. The van der Waals surface area contributed by atoms with Crippen molar-refractivity contribution < 1.29 is 18.3 Å². The first-order valence-corrected chi connectivity index (χ1v) is 7.87. The second-order valence-electron chi connectivity index (χ2n) is 5.81. The average molecular weight is 354 g/mol. The van der Waals surface area contributed by atoms with E-state index in [2.05, 4.69) is 4.98 Å². The van der Waals surface area contributed by atoms with Crippen molar-refractivity contribution in [3.8, 4) is 17.0 Å². The van der Waals surface area contributed by atoms with Crippen LogP contribution >= 0.6 is 0 Å². The first-order valence-electron chi connectivity index (χ1n) is 7.87. The van der Waals surface area contributed by atoms with Crippen molar-refractivity contribution in [2.24, 2.45) is 5.73 Å².